The summed E-state index contributed by atoms with van der Waals surface area (Å²) in [4.78, 5) is 15.6. The topological polar surface area (TPSA) is 148 Å². The summed E-state index contributed by atoms with van der Waals surface area (Å²) in [6.45, 7) is 0.794. The van der Waals surface area contributed by atoms with Gasteiger partial charge in [-0.05, 0) is 49.1 Å². The van der Waals surface area contributed by atoms with Gasteiger partial charge in [-0.2, -0.15) is 4.31 Å². The van der Waals surface area contributed by atoms with Gasteiger partial charge in [-0.25, -0.2) is 18.2 Å². The van der Waals surface area contributed by atoms with Gasteiger partial charge in [-0.15, -0.1) is 11.3 Å². The van der Waals surface area contributed by atoms with Crippen molar-refractivity contribution in [1.82, 2.24) is 14.6 Å². The van der Waals surface area contributed by atoms with Crippen molar-refractivity contribution in [3.8, 4) is 17.2 Å². The van der Waals surface area contributed by atoms with Gasteiger partial charge in [-0.3, -0.25) is 0 Å². The molecule has 0 fully saturated rings. The molecule has 216 valence electrons. The summed E-state index contributed by atoms with van der Waals surface area (Å²) in [7, 11) is -4.23. The van der Waals surface area contributed by atoms with Crippen molar-refractivity contribution in [1.29, 1.82) is 0 Å². The second-order valence-corrected chi connectivity index (χ2v) is 12.3. The summed E-state index contributed by atoms with van der Waals surface area (Å²) < 4.78 is 74.7. The maximum atomic E-state index is 13.7. The lowest BCUT2D eigenvalue weighted by Gasteiger charge is -2.30. The average molecular weight is 596 g/mol. The molecule has 3 N–H and O–H groups in total. The van der Waals surface area contributed by atoms with Gasteiger partial charge in [0.05, 0.1) is 29.1 Å². The first-order chi connectivity index (χ1) is 20.7. The number of ether oxygens (including phenoxy) is 3. The number of nitrogens with zero attached hydrogens (tertiary/aromatic N) is 2. The number of aryl methyl sites for hydroxylation is 1. The lowest BCUT2D eigenvalue weighted by Crippen LogP contribution is -2.50. The molecule has 1 aliphatic heterocycles. The maximum absolute atomic E-state index is 13.7. The van der Waals surface area contributed by atoms with Crippen LogP contribution in [-0.2, 0) is 23.1 Å². The van der Waals surface area contributed by atoms with Crippen molar-refractivity contribution in [2.24, 2.45) is 5.92 Å². The van der Waals surface area contributed by atoms with Gasteiger partial charge < -0.3 is 29.7 Å². The average Bonchev–Trinajstić information content (AvgIpc) is 3.47. The van der Waals surface area contributed by atoms with Crippen LogP contribution in [0.1, 0.15) is 35.6 Å². The van der Waals surface area contributed by atoms with Crippen LogP contribution in [-0.4, -0.2) is 66.0 Å². The van der Waals surface area contributed by atoms with Crippen LogP contribution in [0.3, 0.4) is 0 Å². The predicted octanol–water partition coefficient (Wildman–Crippen LogP) is 3.65. The fourth-order valence-corrected chi connectivity index (χ4v) is 6.17. The molecule has 2 heterocycles. The van der Waals surface area contributed by atoms with Gasteiger partial charge in [0.25, 0.3) is 0 Å². The molecule has 0 bridgehead atoms. The number of hydrogen-bond acceptors (Lipinski definition) is 9. The molecule has 0 saturated carbocycles. The number of aromatic nitrogens is 1. The van der Waals surface area contributed by atoms with Crippen molar-refractivity contribution < 1.29 is 43.1 Å². The zero-order chi connectivity index (χ0) is 32.2. The van der Waals surface area contributed by atoms with E-state index in [-0.39, 0.29) is 54.1 Å². The van der Waals surface area contributed by atoms with E-state index in [1.807, 2.05) is 0 Å². The number of thiazole rings is 1. The Labute approximate surface area is 243 Å². The molecule has 3 aromatic rings. The Bertz CT molecular complexity index is 1570. The summed E-state index contributed by atoms with van der Waals surface area (Å²) in [5.41, 5.74) is 1.07. The number of fused-ring (bicyclic) bond motifs is 1. The lowest BCUT2D eigenvalue weighted by molar-refractivity contribution is 0.0980. The van der Waals surface area contributed by atoms with Crippen LogP contribution in [0, 0.1) is 12.8 Å². The largest absolute Gasteiger partial charge is 0.487 e. The van der Waals surface area contributed by atoms with Crippen molar-refractivity contribution in [3.05, 3.63) is 64.1 Å². The highest BCUT2D eigenvalue weighted by atomic mass is 32.2. The molecule has 0 spiro atoms. The number of rotatable bonds is 13. The molecule has 1 aliphatic rings. The number of carboxylic acid groups (broad SMARTS) is 1. The maximum Gasteiger partial charge on any atom is 0.404 e. The number of nitrogens with one attached hydrogen (secondary N) is 1. The normalized spacial score (nSPS) is 17.0. The molecular formula is C27H33N3O8S2. The summed E-state index contributed by atoms with van der Waals surface area (Å²) in [5, 5.41) is 23.7. The van der Waals surface area contributed by atoms with Crippen LogP contribution in [0.5, 0.6) is 17.2 Å². The Morgan fingerprint density at radius 1 is 1.25 bits per heavy atom. The second-order valence-electron chi connectivity index (χ2n) is 9.53. The summed E-state index contributed by atoms with van der Waals surface area (Å²) in [6, 6.07) is 9.29. The monoisotopic (exact) mass is 595 g/mol. The third kappa shape index (κ3) is 7.62. The van der Waals surface area contributed by atoms with E-state index < -0.39 is 41.6 Å². The first-order valence-electron chi connectivity index (χ1n) is 14.5. The molecule has 0 unspecified atom stereocenters. The van der Waals surface area contributed by atoms with Crippen molar-refractivity contribution >= 4 is 27.5 Å². The Morgan fingerprint density at radius 2 is 2.00 bits per heavy atom. The minimum atomic E-state index is -4.23. The first-order valence-corrected chi connectivity index (χ1v) is 14.6. The summed E-state index contributed by atoms with van der Waals surface area (Å²) in [5.74, 6) is 0.299. The highest BCUT2D eigenvalue weighted by molar-refractivity contribution is 7.89. The van der Waals surface area contributed by atoms with Gasteiger partial charge in [-0.1, -0.05) is 26.0 Å². The van der Waals surface area contributed by atoms with Gasteiger partial charge in [0, 0.05) is 25.9 Å². The number of hydrogen-bond donors (Lipinski definition) is 3. The molecule has 1 aromatic heterocycles. The molecular weight excluding hydrogens is 558 g/mol. The van der Waals surface area contributed by atoms with Crippen LogP contribution in [0.2, 0.25) is 0 Å². The second kappa shape index (κ2) is 12.9. The molecule has 40 heavy (non-hydrogen) atoms. The standard InChI is InChI=1S/C27H33N3O8S2/c1-17(2)12-30(40(34,35)22-8-9-25-26(11-22)38-16-37-25)13-24(31)23(29-27(32)33)10-19-4-6-21(7-5-19)36-14-20-15-39-18(3)28-20/h4-9,11,15,17,23-24,29,31H,10,12-14,16H2,1-3H3,(H,32,33)/t23-,24+/m0/s1/i3D,15D,16D2. The fourth-order valence-electron chi connectivity index (χ4n) is 4.03. The Kier molecular flexibility index (Phi) is 7.84. The van der Waals surface area contributed by atoms with E-state index in [0.717, 1.165) is 21.7 Å². The highest BCUT2D eigenvalue weighted by Gasteiger charge is 2.32. The molecule has 1 amide bonds. The Hall–Kier alpha value is -3.39. The quantitative estimate of drug-likeness (QED) is 0.269. The number of aliphatic hydroxyl groups is 1. The van der Waals surface area contributed by atoms with Crippen molar-refractivity contribution in [2.45, 2.75) is 50.8 Å². The van der Waals surface area contributed by atoms with Crippen molar-refractivity contribution in [3.63, 3.8) is 0 Å². The molecule has 0 saturated heterocycles. The summed E-state index contributed by atoms with van der Waals surface area (Å²) >= 11 is 1.12. The molecule has 2 aromatic carbocycles. The van der Waals surface area contributed by atoms with E-state index in [2.05, 4.69) is 10.3 Å². The number of benzene rings is 2. The molecule has 4 rings (SSSR count). The van der Waals surface area contributed by atoms with E-state index in [1.165, 1.54) is 12.1 Å². The van der Waals surface area contributed by atoms with Crippen LogP contribution in [0.4, 0.5) is 4.79 Å². The number of aliphatic hydroxyl groups excluding tert-OH is 1. The van der Waals surface area contributed by atoms with E-state index in [0.29, 0.717) is 22.0 Å². The summed E-state index contributed by atoms with van der Waals surface area (Å²) in [6.07, 6.45) is -2.79. The minimum absolute atomic E-state index is 0.0117. The number of carbonyl (C=O) groups is 1. The van der Waals surface area contributed by atoms with E-state index in [1.54, 1.807) is 38.1 Å². The van der Waals surface area contributed by atoms with Gasteiger partial charge in [0.2, 0.25) is 16.8 Å². The molecule has 13 heteroatoms. The third-order valence-corrected chi connectivity index (χ3v) is 8.38. The van der Waals surface area contributed by atoms with Crippen LogP contribution in [0.15, 0.2) is 52.7 Å². The highest BCUT2D eigenvalue weighted by Crippen LogP contribution is 2.35. The van der Waals surface area contributed by atoms with Crippen LogP contribution < -0.4 is 19.5 Å². The van der Waals surface area contributed by atoms with Gasteiger partial charge in [0.1, 0.15) is 15.1 Å². The first kappa shape index (κ1) is 24.4. The fraction of sp³-hybridized carbons (Fsp3) is 0.407. The number of sulfonamides is 1. The van der Waals surface area contributed by atoms with Gasteiger partial charge >= 0.3 is 6.09 Å². The number of amides is 1. The van der Waals surface area contributed by atoms with E-state index in [9.17, 15) is 23.4 Å². The molecule has 11 nitrogen and oxygen atoms in total. The van der Waals surface area contributed by atoms with Crippen LogP contribution >= 0.6 is 11.3 Å². The lowest BCUT2D eigenvalue weighted by atomic mass is 10.0. The zero-order valence-corrected chi connectivity index (χ0v) is 23.5. The zero-order valence-electron chi connectivity index (χ0n) is 25.9. The Balaban J connectivity index is 1.47. The van der Waals surface area contributed by atoms with Crippen LogP contribution in [0.25, 0.3) is 0 Å². The minimum Gasteiger partial charge on any atom is -0.487 e. The van der Waals surface area contributed by atoms with E-state index in [4.69, 9.17) is 19.7 Å². The molecule has 0 aliphatic carbocycles. The van der Waals surface area contributed by atoms with Gasteiger partial charge in [0.15, 0.2) is 11.5 Å². The molecule has 0 radical (unpaired) electrons. The molecule has 2 atom stereocenters. The third-order valence-electron chi connectivity index (χ3n) is 5.89. The predicted molar refractivity (Wildman–Crippen MR) is 148 cm³/mol. The smallest absolute Gasteiger partial charge is 0.404 e. The van der Waals surface area contributed by atoms with E-state index >= 15 is 0 Å². The SMILES string of the molecule is [2H]Cc1nc(COc2ccc(C[C@H](NC(=O)O)[C@H](O)CN(CC(C)C)S(=O)(=O)c3ccc4c(c3)OC([2H])([2H])O4)cc2)c([2H])s1. The van der Waals surface area contributed by atoms with Crippen molar-refractivity contribution in [2.75, 3.05) is 19.8 Å². The Morgan fingerprint density at radius 3 is 2.67 bits per heavy atom.